The molecule has 0 unspecified atom stereocenters. The Labute approximate surface area is 400 Å². The van der Waals surface area contributed by atoms with Crippen LogP contribution in [0.1, 0.15) is 0 Å². The summed E-state index contributed by atoms with van der Waals surface area (Å²) >= 11 is 3.50. The molecule has 10 heteroatoms. The molecule has 4 aliphatic rings. The number of hydrogen-bond donors (Lipinski definition) is 0. The van der Waals surface area contributed by atoms with Crippen LogP contribution < -0.4 is 60.8 Å². The van der Waals surface area contributed by atoms with E-state index in [0.717, 1.165) is 111 Å². The van der Waals surface area contributed by atoms with E-state index < -0.39 is 0 Å². The predicted octanol–water partition coefficient (Wildman–Crippen LogP) is 12.5. The van der Waals surface area contributed by atoms with E-state index >= 15 is 0 Å². The molecule has 6 nitrogen and oxygen atoms in total. The highest BCUT2D eigenvalue weighted by Gasteiger charge is 2.47. The first-order chi connectivity index (χ1) is 33.7. The highest BCUT2D eigenvalue weighted by molar-refractivity contribution is 7.33. The Hall–Kier alpha value is -8.17. The Morgan fingerprint density at radius 3 is 1.29 bits per heavy atom. The molecule has 0 fully saturated rings. The Kier molecular flexibility index (Phi) is 8.19. The highest BCUT2D eigenvalue weighted by Crippen LogP contribution is 2.48. The normalized spacial score (nSPS) is 13.1. The molecule has 0 saturated carbocycles. The van der Waals surface area contributed by atoms with E-state index in [0.29, 0.717) is 0 Å². The van der Waals surface area contributed by atoms with Gasteiger partial charge in [-0.25, -0.2) is 0 Å². The molecule has 4 aliphatic heterocycles. The van der Waals surface area contributed by atoms with Crippen molar-refractivity contribution >= 4 is 122 Å². The van der Waals surface area contributed by atoms with Crippen LogP contribution in [-0.4, -0.2) is 13.4 Å². The summed E-state index contributed by atoms with van der Waals surface area (Å²) in [4.78, 5) is 4.53. The molecule has 68 heavy (non-hydrogen) atoms. The second kappa shape index (κ2) is 14.7. The lowest BCUT2D eigenvalue weighted by molar-refractivity contribution is 0.454. The molecule has 0 amide bonds. The molecule has 9 aromatic carbocycles. The van der Waals surface area contributed by atoms with Crippen molar-refractivity contribution in [3.05, 3.63) is 206 Å². The first-order valence-electron chi connectivity index (χ1n) is 22.8. The number of rotatable bonds is 6. The minimum Gasteiger partial charge on any atom is -0.458 e. The third kappa shape index (κ3) is 5.65. The molecule has 2 aromatic heterocycles. The predicted molar refractivity (Wildman–Crippen MR) is 282 cm³/mol. The molecule has 11 aromatic rings. The monoisotopic (exact) mass is 908 g/mol. The van der Waals surface area contributed by atoms with Crippen LogP contribution in [0.4, 0.5) is 34.1 Å². The topological polar surface area (TPSA) is 43.4 Å². The van der Waals surface area contributed by atoms with Crippen molar-refractivity contribution in [2.75, 3.05) is 9.80 Å². The second-order valence-corrected chi connectivity index (χ2v) is 19.6. The number of para-hydroxylation sites is 4. The number of nitrogens with zero attached hydrogens (tertiary/aromatic N) is 2. The minimum absolute atomic E-state index is 0.154. The fourth-order valence-corrected chi connectivity index (χ4v) is 13.2. The van der Waals surface area contributed by atoms with Gasteiger partial charge in [-0.3, -0.25) is 0 Å². The van der Waals surface area contributed by atoms with Crippen LogP contribution in [0.5, 0.6) is 45.3 Å². The zero-order valence-electron chi connectivity index (χ0n) is 36.1. The summed E-state index contributed by atoms with van der Waals surface area (Å²) in [5, 5.41) is 3.20. The van der Waals surface area contributed by atoms with Crippen molar-refractivity contribution < 1.29 is 18.9 Å². The molecule has 318 valence electrons. The minimum atomic E-state index is -0.167. The molecule has 0 bridgehead atoms. The molecule has 15 rings (SSSR count). The van der Waals surface area contributed by atoms with Crippen LogP contribution in [0.3, 0.4) is 0 Å². The van der Waals surface area contributed by atoms with Crippen LogP contribution in [0.15, 0.2) is 206 Å². The Morgan fingerprint density at radius 1 is 0.324 bits per heavy atom. The lowest BCUT2D eigenvalue weighted by atomic mass is 9.32. The van der Waals surface area contributed by atoms with Crippen molar-refractivity contribution in [3.63, 3.8) is 0 Å². The first kappa shape index (κ1) is 38.0. The van der Waals surface area contributed by atoms with Gasteiger partial charge in [0, 0.05) is 83.6 Å². The molecule has 0 N–H and O–H groups in total. The van der Waals surface area contributed by atoms with E-state index in [1.807, 2.05) is 24.3 Å². The highest BCUT2D eigenvalue weighted by atomic mass is 32.1. The number of fused-ring (bicyclic) bond motifs is 12. The van der Waals surface area contributed by atoms with E-state index in [4.69, 9.17) is 18.9 Å². The summed E-state index contributed by atoms with van der Waals surface area (Å²) in [5.41, 5.74) is 11.4. The number of benzene rings is 9. The molecular weight excluding hydrogens is 874 g/mol. The number of anilines is 6. The van der Waals surface area contributed by atoms with E-state index in [-0.39, 0.29) is 13.4 Å². The van der Waals surface area contributed by atoms with Gasteiger partial charge in [0.05, 0.1) is 11.4 Å². The summed E-state index contributed by atoms with van der Waals surface area (Å²) in [5.74, 6) is 5.51. The van der Waals surface area contributed by atoms with Gasteiger partial charge in [0.15, 0.2) is 5.06 Å². The molecular formula is C58H34B2N2O4S2. The van der Waals surface area contributed by atoms with Gasteiger partial charge >= 0.3 is 0 Å². The number of hydrogen-bond acceptors (Lipinski definition) is 8. The lowest BCUT2D eigenvalue weighted by Gasteiger charge is -2.37. The van der Waals surface area contributed by atoms with Crippen molar-refractivity contribution in [2.45, 2.75) is 0 Å². The van der Waals surface area contributed by atoms with Crippen LogP contribution in [0, 0.1) is 0 Å². The van der Waals surface area contributed by atoms with Gasteiger partial charge in [-0.2, -0.15) is 0 Å². The smallest absolute Gasteiger partial charge is 0.273 e. The summed E-state index contributed by atoms with van der Waals surface area (Å²) in [6, 6.07) is 72.3. The van der Waals surface area contributed by atoms with Crippen molar-refractivity contribution in [2.24, 2.45) is 0 Å². The van der Waals surface area contributed by atoms with Gasteiger partial charge < -0.3 is 28.7 Å². The summed E-state index contributed by atoms with van der Waals surface area (Å²) in [6.07, 6.45) is 0. The van der Waals surface area contributed by atoms with E-state index in [2.05, 4.69) is 192 Å². The van der Waals surface area contributed by atoms with Gasteiger partial charge in [-0.05, 0) is 88.5 Å². The standard InChI is InChI=1S/C58H34B2N2O4S2/c1-5-17-35(18-6-1)61(36-19-7-2-8-20-36)39-30-48-55-49(31-39)65-56-42-26-14-16-28-52(42)67-57(56)60(55)44-33-43-45(34-46(44)64-48)63-47-29-40(62(37-21-9-3-10-22-37)38-23-11-4-12-24-38)32-50-54(47)59(43)53-41-25-13-15-27-51(41)68-58(53)66-50/h1-34H. The average molecular weight is 909 g/mol. The van der Waals surface area contributed by atoms with Gasteiger partial charge in [-0.1, -0.05) is 121 Å². The fraction of sp³-hybridized carbons (Fsp3) is 0. The summed E-state index contributed by atoms with van der Waals surface area (Å²) < 4.78 is 32.2. The van der Waals surface area contributed by atoms with Gasteiger partial charge in [0.2, 0.25) is 0 Å². The van der Waals surface area contributed by atoms with Crippen molar-refractivity contribution in [3.8, 4) is 45.3 Å². The second-order valence-electron chi connectivity index (χ2n) is 17.5. The number of thiophene rings is 2. The Bertz CT molecular complexity index is 3770. The van der Waals surface area contributed by atoms with Crippen LogP contribution >= 0.6 is 22.7 Å². The zero-order valence-corrected chi connectivity index (χ0v) is 37.8. The third-order valence-corrected chi connectivity index (χ3v) is 16.0. The Morgan fingerprint density at radius 2 is 0.750 bits per heavy atom. The van der Waals surface area contributed by atoms with Crippen molar-refractivity contribution in [1.82, 2.24) is 0 Å². The van der Waals surface area contributed by atoms with Gasteiger partial charge in [-0.15, -0.1) is 11.3 Å². The average Bonchev–Trinajstić information content (AvgIpc) is 3.95. The zero-order chi connectivity index (χ0) is 44.5. The molecule has 0 spiro atoms. The van der Waals surface area contributed by atoms with E-state index in [1.54, 1.807) is 22.7 Å². The molecule has 6 heterocycles. The van der Waals surface area contributed by atoms with Gasteiger partial charge in [0.25, 0.3) is 13.4 Å². The van der Waals surface area contributed by atoms with E-state index in [1.165, 1.54) is 20.2 Å². The molecule has 0 saturated heterocycles. The maximum atomic E-state index is 7.23. The molecule has 0 radical (unpaired) electrons. The quantitative estimate of drug-likeness (QED) is 0.155. The molecule has 0 atom stereocenters. The Balaban J connectivity index is 0.956. The molecule has 0 aliphatic carbocycles. The van der Waals surface area contributed by atoms with Gasteiger partial charge in [0.1, 0.15) is 40.2 Å². The largest absolute Gasteiger partial charge is 0.458 e. The van der Waals surface area contributed by atoms with E-state index in [9.17, 15) is 0 Å². The summed E-state index contributed by atoms with van der Waals surface area (Å²) in [6.45, 7) is -0.321. The van der Waals surface area contributed by atoms with Crippen LogP contribution in [-0.2, 0) is 0 Å². The number of ether oxygens (including phenoxy) is 4. The summed E-state index contributed by atoms with van der Waals surface area (Å²) in [7, 11) is 0. The van der Waals surface area contributed by atoms with Crippen LogP contribution in [0.2, 0.25) is 0 Å². The van der Waals surface area contributed by atoms with Crippen molar-refractivity contribution in [1.29, 1.82) is 0 Å². The lowest BCUT2D eigenvalue weighted by Crippen LogP contribution is -2.61. The first-order valence-corrected chi connectivity index (χ1v) is 24.4. The maximum absolute atomic E-state index is 7.23. The SMILES string of the molecule is c1ccc(N(c2ccccc2)c2cc3c4c(c2)Oc2c(sc5ccccc25)B4c2cc4c(cc2O3)Oc2cc(N(c3ccccc3)c3ccccc3)cc3c2B4c2c(sc4ccccc24)O3)cc1. The fourth-order valence-electron chi connectivity index (χ4n) is 10.8. The third-order valence-electron chi connectivity index (χ3n) is 13.7. The maximum Gasteiger partial charge on any atom is 0.273 e. The van der Waals surface area contributed by atoms with Crippen LogP contribution in [0.25, 0.3) is 20.2 Å².